The summed E-state index contributed by atoms with van der Waals surface area (Å²) < 4.78 is 23.8. The number of carboxylic acid groups (broad SMARTS) is 1. The summed E-state index contributed by atoms with van der Waals surface area (Å²) >= 11 is 0. The number of sulfonamides is 1. The molecule has 0 aromatic rings. The van der Waals surface area contributed by atoms with E-state index < -0.39 is 16.0 Å². The van der Waals surface area contributed by atoms with Gasteiger partial charge in [0.15, 0.2) is 0 Å². The highest BCUT2D eigenvalue weighted by atomic mass is 32.2. The Morgan fingerprint density at radius 2 is 2.00 bits per heavy atom. The molecule has 0 saturated heterocycles. The molecule has 0 aliphatic rings. The maximum Gasteiger partial charge on any atom is 0.303 e. The molecular formula is C7H15NO4S. The first-order valence-electron chi connectivity index (χ1n) is 4.06. The summed E-state index contributed by atoms with van der Waals surface area (Å²) in [4.78, 5) is 10.1. The number of rotatable bonds is 6. The van der Waals surface area contributed by atoms with Gasteiger partial charge in [-0.15, -0.1) is 0 Å². The highest BCUT2D eigenvalue weighted by molar-refractivity contribution is 7.89. The van der Waals surface area contributed by atoms with Gasteiger partial charge in [-0.3, -0.25) is 4.79 Å². The Morgan fingerprint density at radius 1 is 1.46 bits per heavy atom. The molecule has 5 nitrogen and oxygen atoms in total. The van der Waals surface area contributed by atoms with E-state index in [1.807, 2.05) is 0 Å². The van der Waals surface area contributed by atoms with Gasteiger partial charge in [-0.1, -0.05) is 6.92 Å². The van der Waals surface area contributed by atoms with E-state index in [1.54, 1.807) is 6.92 Å². The molecule has 0 unspecified atom stereocenters. The highest BCUT2D eigenvalue weighted by Crippen LogP contribution is 2.01. The normalized spacial score (nSPS) is 11.9. The van der Waals surface area contributed by atoms with Crippen molar-refractivity contribution < 1.29 is 18.3 Å². The van der Waals surface area contributed by atoms with Crippen LogP contribution >= 0.6 is 0 Å². The van der Waals surface area contributed by atoms with Crippen molar-refractivity contribution in [3.8, 4) is 0 Å². The van der Waals surface area contributed by atoms with Crippen LogP contribution < -0.4 is 0 Å². The van der Waals surface area contributed by atoms with Crippen LogP contribution in [-0.2, 0) is 14.8 Å². The molecule has 0 saturated carbocycles. The summed E-state index contributed by atoms with van der Waals surface area (Å²) in [6.45, 7) is 2.14. The van der Waals surface area contributed by atoms with Gasteiger partial charge in [-0.25, -0.2) is 12.7 Å². The lowest BCUT2D eigenvalue weighted by molar-refractivity contribution is -0.137. The molecule has 0 fully saturated rings. The summed E-state index contributed by atoms with van der Waals surface area (Å²) in [5, 5.41) is 8.30. The van der Waals surface area contributed by atoms with E-state index in [0.29, 0.717) is 6.54 Å². The number of nitrogens with zero attached hydrogens (tertiary/aromatic N) is 1. The van der Waals surface area contributed by atoms with Crippen molar-refractivity contribution >= 4 is 16.0 Å². The van der Waals surface area contributed by atoms with E-state index in [2.05, 4.69) is 0 Å². The van der Waals surface area contributed by atoms with Gasteiger partial charge in [0.2, 0.25) is 10.0 Å². The number of carboxylic acids is 1. The Hall–Kier alpha value is -0.620. The molecule has 0 rings (SSSR count). The Bertz CT molecular complexity index is 260. The summed E-state index contributed by atoms with van der Waals surface area (Å²) in [5.41, 5.74) is 0. The molecule has 0 aliphatic carbocycles. The number of aliphatic carboxylic acids is 1. The van der Waals surface area contributed by atoms with Crippen molar-refractivity contribution in [2.45, 2.75) is 19.8 Å². The van der Waals surface area contributed by atoms with Crippen molar-refractivity contribution in [3.63, 3.8) is 0 Å². The molecule has 6 heteroatoms. The monoisotopic (exact) mass is 209 g/mol. The first-order chi connectivity index (χ1) is 5.90. The van der Waals surface area contributed by atoms with E-state index in [-0.39, 0.29) is 18.6 Å². The minimum atomic E-state index is -3.24. The standard InChI is InChI=1S/C7H15NO4S/c1-3-8(2)13(11,12)6-4-5-7(9)10/h3-6H2,1-2H3,(H,9,10). The topological polar surface area (TPSA) is 74.7 Å². The second kappa shape index (κ2) is 5.18. The average molecular weight is 209 g/mol. The second-order valence-electron chi connectivity index (χ2n) is 2.73. The first kappa shape index (κ1) is 12.4. The van der Waals surface area contributed by atoms with Gasteiger partial charge in [0, 0.05) is 20.0 Å². The Morgan fingerprint density at radius 3 is 2.38 bits per heavy atom. The van der Waals surface area contributed by atoms with Crippen LogP contribution in [0.25, 0.3) is 0 Å². The number of carbonyl (C=O) groups is 1. The lowest BCUT2D eigenvalue weighted by atomic mass is 10.3. The van der Waals surface area contributed by atoms with Crippen LogP contribution in [0.15, 0.2) is 0 Å². The Balaban J connectivity index is 3.97. The maximum absolute atomic E-state index is 11.3. The molecule has 0 amide bonds. The third-order valence-electron chi connectivity index (χ3n) is 1.71. The quantitative estimate of drug-likeness (QED) is 0.675. The SMILES string of the molecule is CCN(C)S(=O)(=O)CCCC(=O)O. The smallest absolute Gasteiger partial charge is 0.303 e. The highest BCUT2D eigenvalue weighted by Gasteiger charge is 2.15. The van der Waals surface area contributed by atoms with Gasteiger partial charge >= 0.3 is 5.97 Å². The predicted molar refractivity (Wildman–Crippen MR) is 49.0 cm³/mol. The van der Waals surface area contributed by atoms with Crippen LogP contribution in [0.2, 0.25) is 0 Å². The van der Waals surface area contributed by atoms with Crippen LogP contribution in [0.3, 0.4) is 0 Å². The summed E-state index contributed by atoms with van der Waals surface area (Å²) in [6, 6.07) is 0. The molecule has 1 N–H and O–H groups in total. The molecule has 0 spiro atoms. The van der Waals surface area contributed by atoms with E-state index in [1.165, 1.54) is 11.4 Å². The van der Waals surface area contributed by atoms with Crippen molar-refractivity contribution in [2.75, 3.05) is 19.3 Å². The zero-order chi connectivity index (χ0) is 10.5. The first-order valence-corrected chi connectivity index (χ1v) is 5.67. The van der Waals surface area contributed by atoms with E-state index in [4.69, 9.17) is 5.11 Å². The molecular weight excluding hydrogens is 194 g/mol. The Kier molecular flexibility index (Phi) is 4.94. The van der Waals surface area contributed by atoms with E-state index in [9.17, 15) is 13.2 Å². The minimum absolute atomic E-state index is 0.0936. The van der Waals surface area contributed by atoms with Gasteiger partial charge in [-0.05, 0) is 6.42 Å². The summed E-state index contributed by atoms with van der Waals surface area (Å²) in [6.07, 6.45) is 0.0682. The molecule has 0 aromatic heterocycles. The van der Waals surface area contributed by atoms with Gasteiger partial charge < -0.3 is 5.11 Å². The predicted octanol–water partition coefficient (Wildman–Crippen LogP) is 0.133. The van der Waals surface area contributed by atoms with Crippen molar-refractivity contribution in [3.05, 3.63) is 0 Å². The van der Waals surface area contributed by atoms with Crippen molar-refractivity contribution in [1.29, 1.82) is 0 Å². The fourth-order valence-electron chi connectivity index (χ4n) is 0.758. The van der Waals surface area contributed by atoms with Gasteiger partial charge in [0.25, 0.3) is 0 Å². The minimum Gasteiger partial charge on any atom is -0.481 e. The Labute approximate surface area is 78.4 Å². The summed E-state index contributed by atoms with van der Waals surface area (Å²) in [7, 11) is -1.75. The van der Waals surface area contributed by atoms with Crippen LogP contribution in [-0.4, -0.2) is 43.1 Å². The molecule has 0 aromatic carbocycles. The van der Waals surface area contributed by atoms with Crippen molar-refractivity contribution in [1.82, 2.24) is 4.31 Å². The molecule has 78 valence electrons. The second-order valence-corrected chi connectivity index (χ2v) is 4.92. The van der Waals surface area contributed by atoms with E-state index >= 15 is 0 Å². The fraction of sp³-hybridized carbons (Fsp3) is 0.857. The molecule has 0 radical (unpaired) electrons. The van der Waals surface area contributed by atoms with Crippen LogP contribution in [0.1, 0.15) is 19.8 Å². The lowest BCUT2D eigenvalue weighted by Gasteiger charge is -2.13. The van der Waals surface area contributed by atoms with Crippen LogP contribution in [0.4, 0.5) is 0 Å². The molecule has 0 atom stereocenters. The molecule has 0 aliphatic heterocycles. The van der Waals surface area contributed by atoms with E-state index in [0.717, 1.165) is 0 Å². The fourth-order valence-corrected chi connectivity index (χ4v) is 1.97. The maximum atomic E-state index is 11.3. The molecule has 13 heavy (non-hydrogen) atoms. The van der Waals surface area contributed by atoms with Crippen LogP contribution in [0, 0.1) is 0 Å². The zero-order valence-corrected chi connectivity index (χ0v) is 8.67. The van der Waals surface area contributed by atoms with Gasteiger partial charge in [0.1, 0.15) is 0 Å². The van der Waals surface area contributed by atoms with Crippen LogP contribution in [0.5, 0.6) is 0 Å². The largest absolute Gasteiger partial charge is 0.481 e. The third-order valence-corrected chi connectivity index (χ3v) is 3.73. The average Bonchev–Trinajstić information content (AvgIpc) is 2.01. The molecule has 0 heterocycles. The van der Waals surface area contributed by atoms with Crippen molar-refractivity contribution in [2.24, 2.45) is 0 Å². The summed E-state index contributed by atoms with van der Waals surface area (Å²) in [5.74, 6) is -1.06. The van der Waals surface area contributed by atoms with Gasteiger partial charge in [0.05, 0.1) is 5.75 Å². The third kappa shape index (κ3) is 4.84. The number of hydrogen-bond donors (Lipinski definition) is 1. The zero-order valence-electron chi connectivity index (χ0n) is 7.86. The number of hydrogen-bond acceptors (Lipinski definition) is 3. The molecule has 0 bridgehead atoms. The van der Waals surface area contributed by atoms with Gasteiger partial charge in [-0.2, -0.15) is 0 Å². The lowest BCUT2D eigenvalue weighted by Crippen LogP contribution is -2.29.